The average molecular weight is 355 g/mol. The molecule has 0 saturated carbocycles. The van der Waals surface area contributed by atoms with E-state index in [0.29, 0.717) is 30.6 Å². The minimum absolute atomic E-state index is 0.0781. The highest BCUT2D eigenvalue weighted by Crippen LogP contribution is 2.33. The molecule has 138 valence electrons. The van der Waals surface area contributed by atoms with E-state index in [9.17, 15) is 4.79 Å². The molecule has 1 aliphatic rings. The molecular formula is C18H25N7O. The van der Waals surface area contributed by atoms with Crippen LogP contribution >= 0.6 is 0 Å². The van der Waals surface area contributed by atoms with Crippen LogP contribution in [0.1, 0.15) is 26.7 Å². The number of nitrogen functional groups attached to an aromatic ring is 1. The first kappa shape index (κ1) is 18.0. The van der Waals surface area contributed by atoms with Gasteiger partial charge in [0.05, 0.1) is 17.5 Å². The van der Waals surface area contributed by atoms with Crippen molar-refractivity contribution in [1.29, 1.82) is 5.26 Å². The van der Waals surface area contributed by atoms with E-state index in [-0.39, 0.29) is 24.3 Å². The van der Waals surface area contributed by atoms with Gasteiger partial charge in [-0.25, -0.2) is 0 Å². The molecule has 3 N–H and O–H groups in total. The Labute approximate surface area is 153 Å². The van der Waals surface area contributed by atoms with Crippen molar-refractivity contribution < 1.29 is 4.79 Å². The predicted molar refractivity (Wildman–Crippen MR) is 100 cm³/mol. The molecule has 3 rings (SSSR count). The molecule has 0 bridgehead atoms. The summed E-state index contributed by atoms with van der Waals surface area (Å²) in [5, 5.41) is 9.75. The first-order chi connectivity index (χ1) is 12.4. The molecule has 0 aliphatic carbocycles. The molecule has 2 unspecified atom stereocenters. The number of piperidine rings is 1. The van der Waals surface area contributed by atoms with Crippen molar-refractivity contribution in [3.8, 4) is 6.07 Å². The van der Waals surface area contributed by atoms with Crippen LogP contribution in [0.3, 0.4) is 0 Å². The van der Waals surface area contributed by atoms with Crippen LogP contribution in [0.5, 0.6) is 0 Å². The van der Waals surface area contributed by atoms with Gasteiger partial charge in [0, 0.05) is 26.3 Å². The zero-order valence-corrected chi connectivity index (χ0v) is 15.4. The highest BCUT2D eigenvalue weighted by Gasteiger charge is 2.36. The molecule has 1 fully saturated rings. The molecule has 8 nitrogen and oxygen atoms in total. The molecule has 8 heteroatoms. The summed E-state index contributed by atoms with van der Waals surface area (Å²) in [6, 6.07) is 3.99. The Hall–Kier alpha value is -2.82. The zero-order valence-electron chi connectivity index (χ0n) is 15.4. The highest BCUT2D eigenvalue weighted by atomic mass is 16.2. The van der Waals surface area contributed by atoms with Crippen LogP contribution < -0.4 is 10.6 Å². The van der Waals surface area contributed by atoms with Gasteiger partial charge < -0.3 is 20.5 Å². The number of fused-ring (bicyclic) bond motifs is 1. The normalized spacial score (nSPS) is 20.3. The fourth-order valence-corrected chi connectivity index (χ4v) is 3.91. The van der Waals surface area contributed by atoms with Crippen LogP contribution in [0.4, 0.5) is 11.8 Å². The second-order valence-electron chi connectivity index (χ2n) is 7.19. The number of nitriles is 1. The lowest BCUT2D eigenvalue weighted by molar-refractivity contribution is -0.132. The number of carbonyl (C=O) groups excluding carboxylic acids is 1. The Balaban J connectivity index is 1.94. The van der Waals surface area contributed by atoms with E-state index in [1.807, 2.05) is 25.4 Å². The molecular weight excluding hydrogens is 330 g/mol. The van der Waals surface area contributed by atoms with Gasteiger partial charge in [-0.05, 0) is 24.3 Å². The number of aromatic amines is 1. The van der Waals surface area contributed by atoms with Crippen molar-refractivity contribution in [3.63, 3.8) is 0 Å². The van der Waals surface area contributed by atoms with Crippen LogP contribution in [-0.2, 0) is 4.79 Å². The quantitative estimate of drug-likeness (QED) is 0.863. The summed E-state index contributed by atoms with van der Waals surface area (Å²) in [6.07, 6.45) is 2.64. The van der Waals surface area contributed by atoms with E-state index in [4.69, 9.17) is 11.0 Å². The molecule has 2 aromatic heterocycles. The van der Waals surface area contributed by atoms with Gasteiger partial charge in [-0.15, -0.1) is 0 Å². The first-order valence-corrected chi connectivity index (χ1v) is 8.90. The minimum atomic E-state index is -0.109. The third-order valence-corrected chi connectivity index (χ3v) is 5.32. The maximum Gasteiger partial charge on any atom is 0.236 e. The van der Waals surface area contributed by atoms with E-state index >= 15 is 0 Å². The number of hydrogen-bond donors (Lipinski definition) is 2. The van der Waals surface area contributed by atoms with Crippen LogP contribution in [0, 0.1) is 23.2 Å². The van der Waals surface area contributed by atoms with Crippen molar-refractivity contribution in [1.82, 2.24) is 19.9 Å². The summed E-state index contributed by atoms with van der Waals surface area (Å²) in [5.74, 6) is 1.75. The molecule has 26 heavy (non-hydrogen) atoms. The number of rotatable bonds is 4. The number of amides is 1. The van der Waals surface area contributed by atoms with E-state index in [1.54, 1.807) is 4.90 Å². The summed E-state index contributed by atoms with van der Waals surface area (Å²) in [5.41, 5.74) is 6.59. The number of nitrogens with one attached hydrogen (secondary N) is 1. The average Bonchev–Trinajstić information content (AvgIpc) is 3.08. The molecule has 1 saturated heterocycles. The maximum atomic E-state index is 12.2. The molecule has 1 aliphatic heterocycles. The van der Waals surface area contributed by atoms with Gasteiger partial charge in [0.15, 0.2) is 0 Å². The smallest absolute Gasteiger partial charge is 0.236 e. The lowest BCUT2D eigenvalue weighted by Crippen LogP contribution is -2.54. The number of carbonyl (C=O) groups is 1. The number of nitrogens with two attached hydrogens (primary N) is 1. The Bertz CT molecular complexity index is 838. The number of anilines is 2. The van der Waals surface area contributed by atoms with E-state index in [1.165, 1.54) is 0 Å². The van der Waals surface area contributed by atoms with Crippen molar-refractivity contribution in [2.24, 2.45) is 11.8 Å². The van der Waals surface area contributed by atoms with Crippen LogP contribution in [-0.4, -0.2) is 51.9 Å². The number of H-pyrrole nitrogens is 1. The van der Waals surface area contributed by atoms with Gasteiger partial charge in [0.1, 0.15) is 17.9 Å². The summed E-state index contributed by atoms with van der Waals surface area (Å²) in [7, 11) is 1.99. The SMILES string of the molecule is CC(C)C1CCN(C(=O)CC#N)CC1N(C)c1nc(N)nc2[nH]ccc12. The van der Waals surface area contributed by atoms with Crippen LogP contribution in [0.2, 0.25) is 0 Å². The standard InChI is InChI=1S/C18H25N7O/c1-11(2)12-6-9-25(15(26)4-7-19)10-14(12)24(3)17-13-5-8-21-16(13)22-18(20)23-17/h5,8,11-12,14H,4,6,9-10H2,1-3H3,(H3,20,21,22,23). The summed E-state index contributed by atoms with van der Waals surface area (Å²) in [6.45, 7) is 5.69. The molecule has 1 amide bonds. The molecule has 2 atom stereocenters. The van der Waals surface area contributed by atoms with E-state index < -0.39 is 0 Å². The van der Waals surface area contributed by atoms with Gasteiger partial charge in [0.2, 0.25) is 11.9 Å². The predicted octanol–water partition coefficient (Wildman–Crippen LogP) is 1.76. The topological polar surface area (TPSA) is 115 Å². The Morgan fingerprint density at radius 2 is 2.31 bits per heavy atom. The van der Waals surface area contributed by atoms with E-state index in [0.717, 1.165) is 17.6 Å². The number of nitrogens with zero attached hydrogens (tertiary/aromatic N) is 5. The van der Waals surface area contributed by atoms with Gasteiger partial charge in [0.25, 0.3) is 0 Å². The molecule has 0 aromatic carbocycles. The minimum Gasteiger partial charge on any atom is -0.368 e. The van der Waals surface area contributed by atoms with Crippen molar-refractivity contribution in [2.75, 3.05) is 30.8 Å². The fraction of sp³-hybridized carbons (Fsp3) is 0.556. The second kappa shape index (κ2) is 7.20. The second-order valence-corrected chi connectivity index (χ2v) is 7.19. The third-order valence-electron chi connectivity index (χ3n) is 5.32. The number of likely N-dealkylation sites (N-methyl/N-ethyl adjacent to an activating group) is 1. The number of hydrogen-bond acceptors (Lipinski definition) is 6. The van der Waals surface area contributed by atoms with Gasteiger partial charge in [-0.1, -0.05) is 13.8 Å². The van der Waals surface area contributed by atoms with Gasteiger partial charge in [-0.3, -0.25) is 4.79 Å². The van der Waals surface area contributed by atoms with Crippen LogP contribution in [0.15, 0.2) is 12.3 Å². The number of aromatic nitrogens is 3. The third kappa shape index (κ3) is 3.29. The molecule has 2 aromatic rings. The maximum absolute atomic E-state index is 12.2. The Kier molecular flexibility index (Phi) is 4.98. The highest BCUT2D eigenvalue weighted by molar-refractivity contribution is 5.88. The lowest BCUT2D eigenvalue weighted by atomic mass is 9.81. The Morgan fingerprint density at radius 1 is 1.54 bits per heavy atom. The summed E-state index contributed by atoms with van der Waals surface area (Å²) >= 11 is 0. The van der Waals surface area contributed by atoms with Crippen LogP contribution in [0.25, 0.3) is 11.0 Å². The van der Waals surface area contributed by atoms with Crippen molar-refractivity contribution >= 4 is 28.7 Å². The van der Waals surface area contributed by atoms with Gasteiger partial charge >= 0.3 is 0 Å². The fourth-order valence-electron chi connectivity index (χ4n) is 3.91. The molecule has 0 spiro atoms. The summed E-state index contributed by atoms with van der Waals surface area (Å²) in [4.78, 5) is 27.9. The van der Waals surface area contributed by atoms with Gasteiger partial charge in [-0.2, -0.15) is 15.2 Å². The van der Waals surface area contributed by atoms with Crippen molar-refractivity contribution in [2.45, 2.75) is 32.7 Å². The largest absolute Gasteiger partial charge is 0.368 e. The zero-order chi connectivity index (χ0) is 18.8. The summed E-state index contributed by atoms with van der Waals surface area (Å²) < 4.78 is 0. The molecule has 0 radical (unpaired) electrons. The lowest BCUT2D eigenvalue weighted by Gasteiger charge is -2.45. The molecule has 3 heterocycles. The van der Waals surface area contributed by atoms with E-state index in [2.05, 4.69) is 33.7 Å². The first-order valence-electron chi connectivity index (χ1n) is 8.90. The van der Waals surface area contributed by atoms with Crippen molar-refractivity contribution in [3.05, 3.63) is 12.3 Å². The number of likely N-dealkylation sites (tertiary alicyclic amines) is 1. The monoisotopic (exact) mass is 355 g/mol. The Morgan fingerprint density at radius 3 is 3.00 bits per heavy atom.